The molecule has 0 saturated carbocycles. The van der Waals surface area contributed by atoms with E-state index >= 15 is 0 Å². The summed E-state index contributed by atoms with van der Waals surface area (Å²) in [5.74, 6) is -0.818. The number of hydrogen-bond donors (Lipinski definition) is 2. The summed E-state index contributed by atoms with van der Waals surface area (Å²) < 4.78 is 39.3. The molecule has 5 nitrogen and oxygen atoms in total. The standard InChI is InChI=1S/C14H18F3N3O2/c1-7(21)6-18-13(22)9-3-4-11-10(5-9)12(14(15,16)17)20-8(2)19-11/h7,9,21H,3-6H2,1-2H3,(H,18,22). The maximum absolute atomic E-state index is 13.1. The summed E-state index contributed by atoms with van der Waals surface area (Å²) >= 11 is 0. The van der Waals surface area contributed by atoms with Gasteiger partial charge in [-0.1, -0.05) is 0 Å². The average molecular weight is 317 g/mol. The quantitative estimate of drug-likeness (QED) is 0.884. The molecule has 1 amide bonds. The summed E-state index contributed by atoms with van der Waals surface area (Å²) in [7, 11) is 0. The molecule has 1 aliphatic carbocycles. The summed E-state index contributed by atoms with van der Waals surface area (Å²) in [5.41, 5.74) is -0.552. The Hall–Kier alpha value is -1.70. The average Bonchev–Trinajstić information content (AvgIpc) is 2.42. The van der Waals surface area contributed by atoms with Gasteiger partial charge in [0, 0.05) is 23.7 Å². The van der Waals surface area contributed by atoms with E-state index in [2.05, 4.69) is 15.3 Å². The van der Waals surface area contributed by atoms with Crippen molar-refractivity contribution in [3.63, 3.8) is 0 Å². The molecule has 122 valence electrons. The van der Waals surface area contributed by atoms with E-state index in [9.17, 15) is 18.0 Å². The summed E-state index contributed by atoms with van der Waals surface area (Å²) in [4.78, 5) is 19.6. The number of aryl methyl sites for hydroxylation is 2. The molecule has 8 heteroatoms. The Kier molecular flexibility index (Phi) is 4.69. The van der Waals surface area contributed by atoms with Gasteiger partial charge in [0.15, 0.2) is 5.69 Å². The first kappa shape index (κ1) is 16.7. The van der Waals surface area contributed by atoms with Crippen LogP contribution >= 0.6 is 0 Å². The van der Waals surface area contributed by atoms with Gasteiger partial charge in [0.2, 0.25) is 5.91 Å². The molecule has 1 heterocycles. The molecule has 2 rings (SSSR count). The van der Waals surface area contributed by atoms with Crippen molar-refractivity contribution in [3.05, 3.63) is 22.8 Å². The first-order valence-electron chi connectivity index (χ1n) is 7.08. The van der Waals surface area contributed by atoms with E-state index in [0.717, 1.165) is 0 Å². The number of nitrogens with zero attached hydrogens (tertiary/aromatic N) is 2. The molecule has 2 atom stereocenters. The van der Waals surface area contributed by atoms with Crippen LogP contribution in [0, 0.1) is 12.8 Å². The molecule has 2 unspecified atom stereocenters. The summed E-state index contributed by atoms with van der Waals surface area (Å²) in [6.07, 6.45) is -4.54. The zero-order chi connectivity index (χ0) is 16.5. The largest absolute Gasteiger partial charge is 0.433 e. The topological polar surface area (TPSA) is 75.1 Å². The molecule has 0 fully saturated rings. The minimum Gasteiger partial charge on any atom is -0.392 e. The maximum Gasteiger partial charge on any atom is 0.433 e. The second-order valence-corrected chi connectivity index (χ2v) is 5.58. The number of carbonyl (C=O) groups excluding carboxylic acids is 1. The molecule has 0 bridgehead atoms. The normalized spacial score (nSPS) is 19.5. The van der Waals surface area contributed by atoms with Crippen LogP contribution in [0.25, 0.3) is 0 Å². The molecule has 1 aromatic heterocycles. The van der Waals surface area contributed by atoms with Gasteiger partial charge in [-0.15, -0.1) is 0 Å². The Morgan fingerprint density at radius 2 is 2.14 bits per heavy atom. The van der Waals surface area contributed by atoms with E-state index < -0.39 is 23.9 Å². The molecular formula is C14H18F3N3O2. The number of hydrogen-bond acceptors (Lipinski definition) is 4. The van der Waals surface area contributed by atoms with Gasteiger partial charge in [-0.3, -0.25) is 4.79 Å². The predicted octanol–water partition coefficient (Wildman–Crippen LogP) is 1.41. The fraction of sp³-hybridized carbons (Fsp3) is 0.643. The number of fused-ring (bicyclic) bond motifs is 1. The van der Waals surface area contributed by atoms with E-state index in [1.54, 1.807) is 0 Å². The van der Waals surface area contributed by atoms with Crippen molar-refractivity contribution in [2.24, 2.45) is 5.92 Å². The zero-order valence-electron chi connectivity index (χ0n) is 12.4. The van der Waals surface area contributed by atoms with Crippen molar-refractivity contribution in [3.8, 4) is 0 Å². The predicted molar refractivity (Wildman–Crippen MR) is 72.0 cm³/mol. The van der Waals surface area contributed by atoms with Gasteiger partial charge in [-0.25, -0.2) is 9.97 Å². The summed E-state index contributed by atoms with van der Waals surface area (Å²) in [6.45, 7) is 3.03. The second-order valence-electron chi connectivity index (χ2n) is 5.58. The number of alkyl halides is 3. The lowest BCUT2D eigenvalue weighted by Gasteiger charge is -2.26. The lowest BCUT2D eigenvalue weighted by molar-refractivity contribution is -0.142. The number of amides is 1. The van der Waals surface area contributed by atoms with Gasteiger partial charge in [0.1, 0.15) is 5.82 Å². The lowest BCUT2D eigenvalue weighted by Crippen LogP contribution is -2.38. The van der Waals surface area contributed by atoms with E-state index in [-0.39, 0.29) is 30.3 Å². The first-order valence-corrected chi connectivity index (χ1v) is 7.08. The minimum atomic E-state index is -4.56. The second kappa shape index (κ2) is 6.20. The highest BCUT2D eigenvalue weighted by Crippen LogP contribution is 2.35. The van der Waals surface area contributed by atoms with Gasteiger partial charge < -0.3 is 10.4 Å². The third kappa shape index (κ3) is 3.73. The van der Waals surface area contributed by atoms with Crippen molar-refractivity contribution < 1.29 is 23.1 Å². The maximum atomic E-state index is 13.1. The van der Waals surface area contributed by atoms with E-state index in [1.165, 1.54) is 13.8 Å². The number of carbonyl (C=O) groups is 1. The third-order valence-electron chi connectivity index (χ3n) is 3.60. The fourth-order valence-corrected chi connectivity index (χ4v) is 2.59. The lowest BCUT2D eigenvalue weighted by atomic mass is 9.85. The Labute approximate surface area is 126 Å². The summed E-state index contributed by atoms with van der Waals surface area (Å²) in [5, 5.41) is 11.7. The number of nitrogens with one attached hydrogen (secondary N) is 1. The Morgan fingerprint density at radius 3 is 2.73 bits per heavy atom. The van der Waals surface area contributed by atoms with Crippen LogP contribution in [0.15, 0.2) is 0 Å². The highest BCUT2D eigenvalue weighted by atomic mass is 19.4. The monoisotopic (exact) mass is 317 g/mol. The highest BCUT2D eigenvalue weighted by Gasteiger charge is 2.39. The van der Waals surface area contributed by atoms with Crippen molar-refractivity contribution in [2.75, 3.05) is 6.54 Å². The first-order chi connectivity index (χ1) is 10.2. The van der Waals surface area contributed by atoms with E-state index in [1.807, 2.05) is 0 Å². The summed E-state index contributed by atoms with van der Waals surface area (Å²) in [6, 6.07) is 0. The smallest absolute Gasteiger partial charge is 0.392 e. The van der Waals surface area contributed by atoms with Crippen LogP contribution in [0.2, 0.25) is 0 Å². The van der Waals surface area contributed by atoms with Gasteiger partial charge >= 0.3 is 6.18 Å². The van der Waals surface area contributed by atoms with Crippen molar-refractivity contribution >= 4 is 5.91 Å². The minimum absolute atomic E-state index is 0.0153. The Morgan fingerprint density at radius 1 is 1.45 bits per heavy atom. The van der Waals surface area contributed by atoms with Crippen molar-refractivity contribution in [1.29, 1.82) is 0 Å². The molecule has 0 saturated heterocycles. The van der Waals surface area contributed by atoms with Gasteiger partial charge in [0.25, 0.3) is 0 Å². The van der Waals surface area contributed by atoms with Crippen LogP contribution in [-0.4, -0.2) is 33.6 Å². The van der Waals surface area contributed by atoms with Crippen LogP contribution in [0.4, 0.5) is 13.2 Å². The molecule has 2 N–H and O–H groups in total. The van der Waals surface area contributed by atoms with Gasteiger partial charge in [-0.2, -0.15) is 13.2 Å². The molecule has 1 aliphatic rings. The van der Waals surface area contributed by atoms with Crippen LogP contribution in [0.3, 0.4) is 0 Å². The Balaban J connectivity index is 2.24. The molecule has 0 aliphatic heterocycles. The molecular weight excluding hydrogens is 299 g/mol. The molecule has 0 spiro atoms. The number of aliphatic hydroxyl groups is 1. The van der Waals surface area contributed by atoms with E-state index in [4.69, 9.17) is 5.11 Å². The molecule has 0 aromatic carbocycles. The number of halogens is 3. The fourth-order valence-electron chi connectivity index (χ4n) is 2.59. The molecule has 0 radical (unpaired) electrons. The van der Waals surface area contributed by atoms with Gasteiger partial charge in [-0.05, 0) is 33.1 Å². The SMILES string of the molecule is Cc1nc2c(c(C(F)(F)F)n1)CC(C(=O)NCC(C)O)CC2. The zero-order valence-corrected chi connectivity index (χ0v) is 12.4. The van der Waals surface area contributed by atoms with Crippen molar-refractivity contribution in [1.82, 2.24) is 15.3 Å². The highest BCUT2D eigenvalue weighted by molar-refractivity contribution is 5.79. The van der Waals surface area contributed by atoms with Crippen LogP contribution in [0.1, 0.15) is 36.1 Å². The number of rotatable bonds is 3. The third-order valence-corrected chi connectivity index (χ3v) is 3.60. The van der Waals surface area contributed by atoms with Gasteiger partial charge in [0.05, 0.1) is 6.10 Å². The van der Waals surface area contributed by atoms with Crippen molar-refractivity contribution in [2.45, 2.75) is 45.4 Å². The van der Waals surface area contributed by atoms with Crippen LogP contribution < -0.4 is 5.32 Å². The molecule has 1 aromatic rings. The Bertz CT molecular complexity index is 573. The van der Waals surface area contributed by atoms with Crippen LogP contribution in [0.5, 0.6) is 0 Å². The number of aliphatic hydroxyl groups excluding tert-OH is 1. The van der Waals surface area contributed by atoms with Crippen LogP contribution in [-0.2, 0) is 23.8 Å². The van der Waals surface area contributed by atoms with E-state index in [0.29, 0.717) is 18.5 Å². The number of aromatic nitrogens is 2. The molecule has 22 heavy (non-hydrogen) atoms.